The second kappa shape index (κ2) is 11.3. The van der Waals surface area contributed by atoms with Gasteiger partial charge in [-0.3, -0.25) is 4.79 Å². The van der Waals surface area contributed by atoms with Crippen LogP contribution in [0.15, 0.2) is 48.5 Å². The summed E-state index contributed by atoms with van der Waals surface area (Å²) in [5, 5.41) is 1.92. The van der Waals surface area contributed by atoms with Crippen molar-refractivity contribution < 1.29 is 45.1 Å². The van der Waals surface area contributed by atoms with Crippen molar-refractivity contribution in [1.82, 2.24) is 5.32 Å². The molecule has 12 heteroatoms. The van der Waals surface area contributed by atoms with E-state index in [9.17, 15) is 35.9 Å². The Morgan fingerprint density at radius 2 is 1.41 bits per heavy atom. The van der Waals surface area contributed by atoms with Crippen molar-refractivity contribution in [3.63, 3.8) is 0 Å². The molecule has 1 N–H and O–H groups in total. The lowest BCUT2D eigenvalue weighted by molar-refractivity contribution is -0.143. The van der Waals surface area contributed by atoms with E-state index in [1.807, 2.05) is 33.9 Å². The topological polar surface area (TPSA) is 64.6 Å². The van der Waals surface area contributed by atoms with Crippen molar-refractivity contribution in [3.8, 4) is 0 Å². The number of hydrogen-bond donors (Lipinski definition) is 1. The molecular formula is C25H29F6NO4Si. The summed E-state index contributed by atoms with van der Waals surface area (Å²) in [7, 11) is -2.52. The Hall–Kier alpha value is -2.86. The van der Waals surface area contributed by atoms with E-state index in [2.05, 4.69) is 5.32 Å². The van der Waals surface area contributed by atoms with Crippen LogP contribution in [0.3, 0.4) is 0 Å². The number of Topliss-reactive ketones (excluding diaryl/α,β-unsaturated/α-hetero) is 1. The number of alkyl halides is 6. The number of carbonyl (C=O) groups is 2. The zero-order valence-corrected chi connectivity index (χ0v) is 22.0. The van der Waals surface area contributed by atoms with Crippen molar-refractivity contribution in [2.45, 2.75) is 63.9 Å². The molecule has 0 fully saturated rings. The summed E-state index contributed by atoms with van der Waals surface area (Å²) in [4.78, 5) is 25.7. The largest absolute Gasteiger partial charge is 0.445 e. The van der Waals surface area contributed by atoms with Crippen LogP contribution in [0.1, 0.15) is 47.8 Å². The molecule has 204 valence electrons. The number of halogens is 6. The number of nitrogens with one attached hydrogen (secondary N) is 1. The van der Waals surface area contributed by atoms with Crippen LogP contribution >= 0.6 is 0 Å². The maximum atomic E-state index is 13.3. The maximum Gasteiger partial charge on any atom is 0.416 e. The Kier molecular flexibility index (Phi) is 9.24. The van der Waals surface area contributed by atoms with Crippen molar-refractivity contribution >= 4 is 20.2 Å². The minimum Gasteiger partial charge on any atom is -0.445 e. The van der Waals surface area contributed by atoms with Gasteiger partial charge in [0.1, 0.15) is 12.6 Å². The Balaban J connectivity index is 2.38. The molecule has 0 aliphatic carbocycles. The van der Waals surface area contributed by atoms with Gasteiger partial charge >= 0.3 is 18.4 Å². The predicted octanol–water partition coefficient (Wildman–Crippen LogP) is 7.22. The molecule has 0 unspecified atom stereocenters. The lowest BCUT2D eigenvalue weighted by Crippen LogP contribution is -2.49. The van der Waals surface area contributed by atoms with Crippen molar-refractivity contribution in [2.24, 2.45) is 0 Å². The number of ether oxygens (including phenoxy) is 1. The summed E-state index contributed by atoms with van der Waals surface area (Å²) in [6, 6.07) is 7.52. The molecule has 2 aromatic carbocycles. The number of alkyl carbamates (subject to hydrolysis) is 1. The fourth-order valence-corrected chi connectivity index (χ4v) is 3.91. The van der Waals surface area contributed by atoms with E-state index in [4.69, 9.17) is 9.16 Å². The Bertz CT molecular complexity index is 1060. The van der Waals surface area contributed by atoms with E-state index in [0.29, 0.717) is 17.7 Å². The second-order valence-electron chi connectivity index (χ2n) is 9.99. The number of hydrogen-bond acceptors (Lipinski definition) is 4. The van der Waals surface area contributed by atoms with Gasteiger partial charge in [0.05, 0.1) is 17.7 Å². The quantitative estimate of drug-likeness (QED) is 0.215. The molecule has 0 radical (unpaired) electrons. The molecule has 0 aliphatic heterocycles. The highest BCUT2D eigenvalue weighted by atomic mass is 28.4. The number of carbonyl (C=O) groups excluding carboxylic acids is 2. The van der Waals surface area contributed by atoms with Gasteiger partial charge in [0.25, 0.3) is 0 Å². The van der Waals surface area contributed by atoms with Crippen LogP contribution in [0, 0.1) is 0 Å². The van der Waals surface area contributed by atoms with Gasteiger partial charge in [0.15, 0.2) is 14.1 Å². The lowest BCUT2D eigenvalue weighted by atomic mass is 9.98. The molecule has 0 aromatic heterocycles. The van der Waals surface area contributed by atoms with E-state index in [0.717, 1.165) is 0 Å². The van der Waals surface area contributed by atoms with Gasteiger partial charge in [0.2, 0.25) is 0 Å². The van der Waals surface area contributed by atoms with Gasteiger partial charge in [-0.05, 0) is 41.9 Å². The van der Waals surface area contributed by atoms with Gasteiger partial charge in [-0.1, -0.05) is 51.1 Å². The normalized spacial score (nSPS) is 13.7. The highest BCUT2D eigenvalue weighted by Gasteiger charge is 2.40. The van der Waals surface area contributed by atoms with Gasteiger partial charge in [-0.2, -0.15) is 26.3 Å². The highest BCUT2D eigenvalue weighted by Crippen LogP contribution is 2.38. The van der Waals surface area contributed by atoms with Crippen molar-refractivity contribution in [3.05, 3.63) is 70.8 Å². The third-order valence-corrected chi connectivity index (χ3v) is 10.6. The molecular weight excluding hydrogens is 520 g/mol. The molecule has 0 spiro atoms. The van der Waals surface area contributed by atoms with E-state index >= 15 is 0 Å². The number of benzene rings is 2. The summed E-state index contributed by atoms with van der Waals surface area (Å²) in [6.45, 7) is 8.76. The molecule has 0 saturated carbocycles. The average Bonchev–Trinajstić information content (AvgIpc) is 2.78. The van der Waals surface area contributed by atoms with E-state index in [1.165, 1.54) is 0 Å². The van der Waals surface area contributed by atoms with E-state index in [1.54, 1.807) is 30.3 Å². The monoisotopic (exact) mass is 549 g/mol. The first-order valence-corrected chi connectivity index (χ1v) is 14.2. The summed E-state index contributed by atoms with van der Waals surface area (Å²) < 4.78 is 91.0. The summed E-state index contributed by atoms with van der Waals surface area (Å²) in [6.07, 6.45) is -11.3. The fraction of sp³-hybridized carbons (Fsp3) is 0.440. The van der Waals surface area contributed by atoms with Gasteiger partial charge in [-0.15, -0.1) is 0 Å². The maximum absolute atomic E-state index is 13.3. The molecule has 5 nitrogen and oxygen atoms in total. The first-order chi connectivity index (χ1) is 16.8. The molecule has 0 heterocycles. The smallest absolute Gasteiger partial charge is 0.416 e. The molecule has 1 atom stereocenters. The molecule has 2 rings (SSSR count). The molecule has 2 aromatic rings. The van der Waals surface area contributed by atoms with Crippen LogP contribution < -0.4 is 5.32 Å². The number of ketones is 1. The van der Waals surface area contributed by atoms with Gasteiger partial charge in [-0.25, -0.2) is 4.79 Å². The van der Waals surface area contributed by atoms with Crippen LogP contribution in [0.2, 0.25) is 18.1 Å². The SMILES string of the molecule is CC(C)(C)[Si](C)(C)OC[C@H](NC(=O)OCc1ccccc1)C(=O)c1cc(C(F)(F)F)cc(C(F)(F)F)c1. The molecule has 1 amide bonds. The second-order valence-corrected chi connectivity index (χ2v) is 14.8. The van der Waals surface area contributed by atoms with Crippen LogP contribution in [0.25, 0.3) is 0 Å². The van der Waals surface area contributed by atoms with Gasteiger partial charge in [0, 0.05) is 5.56 Å². The van der Waals surface area contributed by atoms with Crippen LogP contribution in [0.5, 0.6) is 0 Å². The van der Waals surface area contributed by atoms with Crippen LogP contribution in [0.4, 0.5) is 31.1 Å². The lowest BCUT2D eigenvalue weighted by Gasteiger charge is -2.37. The third-order valence-electron chi connectivity index (χ3n) is 6.11. The standard InChI is InChI=1S/C25H29F6NO4Si/c1-23(2,3)37(4,5)36-15-20(32-22(34)35-14-16-9-7-6-8-10-16)21(33)17-11-18(24(26,27)28)13-19(12-17)25(29,30)31/h6-13,20H,14-15H2,1-5H3,(H,32,34)/t20-/m0/s1. The summed E-state index contributed by atoms with van der Waals surface area (Å²) >= 11 is 0. The number of rotatable bonds is 8. The average molecular weight is 550 g/mol. The van der Waals surface area contributed by atoms with E-state index in [-0.39, 0.29) is 17.7 Å². The molecule has 0 saturated heterocycles. The minimum absolute atomic E-state index is 0.0700. The van der Waals surface area contributed by atoms with Crippen LogP contribution in [-0.4, -0.2) is 32.8 Å². The zero-order chi connectivity index (χ0) is 28.2. The first-order valence-electron chi connectivity index (χ1n) is 11.3. The van der Waals surface area contributed by atoms with E-state index < -0.39 is 61.9 Å². The Labute approximate surface area is 212 Å². The number of amides is 1. The fourth-order valence-electron chi connectivity index (χ4n) is 2.90. The first kappa shape index (κ1) is 30.4. The summed E-state index contributed by atoms with van der Waals surface area (Å²) in [5.74, 6) is -1.17. The molecule has 37 heavy (non-hydrogen) atoms. The highest BCUT2D eigenvalue weighted by molar-refractivity contribution is 6.74. The van der Waals surface area contributed by atoms with Crippen molar-refractivity contribution in [2.75, 3.05) is 6.61 Å². The zero-order valence-electron chi connectivity index (χ0n) is 21.0. The Morgan fingerprint density at radius 1 is 0.892 bits per heavy atom. The Morgan fingerprint density at radius 3 is 1.86 bits per heavy atom. The predicted molar refractivity (Wildman–Crippen MR) is 127 cm³/mol. The minimum atomic E-state index is -5.13. The molecule has 0 bridgehead atoms. The van der Waals surface area contributed by atoms with Crippen molar-refractivity contribution in [1.29, 1.82) is 0 Å². The third kappa shape index (κ3) is 8.60. The molecule has 0 aliphatic rings. The van der Waals surface area contributed by atoms with Gasteiger partial charge < -0.3 is 14.5 Å². The van der Waals surface area contributed by atoms with Crippen LogP contribution in [-0.2, 0) is 28.1 Å². The summed E-state index contributed by atoms with van der Waals surface area (Å²) in [5.41, 5.74) is -3.51.